The maximum atomic E-state index is 2.63. The van der Waals surface area contributed by atoms with E-state index in [-0.39, 0.29) is 0 Å². The molecule has 0 amide bonds. The van der Waals surface area contributed by atoms with E-state index in [4.69, 9.17) is 0 Å². The molecule has 2 fully saturated rings. The molecule has 2 aliphatic rings. The highest BCUT2D eigenvalue weighted by molar-refractivity contribution is 5.20. The summed E-state index contributed by atoms with van der Waals surface area (Å²) in [4.78, 5) is 7.66. The number of likely N-dealkylation sites (N-methyl/N-ethyl adjacent to an activating group) is 1. The van der Waals surface area contributed by atoms with Gasteiger partial charge in [-0.05, 0) is 24.9 Å². The number of nitrogens with zero attached hydrogens (tertiary/aromatic N) is 3. The molecule has 0 bridgehead atoms. The zero-order chi connectivity index (χ0) is 15.1. The van der Waals surface area contributed by atoms with Crippen molar-refractivity contribution in [3.63, 3.8) is 0 Å². The lowest BCUT2D eigenvalue weighted by Gasteiger charge is -2.34. The van der Waals surface area contributed by atoms with Gasteiger partial charge in [0.25, 0.3) is 0 Å². The lowest BCUT2D eigenvalue weighted by Crippen LogP contribution is -2.48. The van der Waals surface area contributed by atoms with Gasteiger partial charge in [-0.15, -0.1) is 0 Å². The minimum Gasteiger partial charge on any atom is -0.304 e. The van der Waals surface area contributed by atoms with Gasteiger partial charge in [0.1, 0.15) is 0 Å². The first kappa shape index (κ1) is 16.5. The van der Waals surface area contributed by atoms with Crippen LogP contribution in [0.15, 0.2) is 30.3 Å². The van der Waals surface area contributed by atoms with Crippen molar-refractivity contribution in [2.24, 2.45) is 0 Å². The molecule has 0 radical (unpaired) electrons. The van der Waals surface area contributed by atoms with Crippen LogP contribution in [0, 0.1) is 0 Å². The van der Waals surface area contributed by atoms with Gasteiger partial charge in [0.05, 0.1) is 6.67 Å². The SMILES string of the molecule is CC.CN1CCN(CN2CCC(c3ccccc3)C2)CC1. The topological polar surface area (TPSA) is 9.72 Å². The Morgan fingerprint density at radius 1 is 0.905 bits per heavy atom. The van der Waals surface area contributed by atoms with E-state index in [0.717, 1.165) is 12.6 Å². The van der Waals surface area contributed by atoms with Crippen LogP contribution in [0.1, 0.15) is 31.7 Å². The minimum atomic E-state index is 0.744. The molecule has 2 saturated heterocycles. The zero-order valence-electron chi connectivity index (χ0n) is 14.0. The van der Waals surface area contributed by atoms with Crippen molar-refractivity contribution in [3.8, 4) is 0 Å². The summed E-state index contributed by atoms with van der Waals surface area (Å²) in [5.41, 5.74) is 1.52. The quantitative estimate of drug-likeness (QED) is 0.847. The van der Waals surface area contributed by atoms with E-state index in [0.29, 0.717) is 0 Å². The highest BCUT2D eigenvalue weighted by atomic mass is 15.3. The molecule has 3 rings (SSSR count). The van der Waals surface area contributed by atoms with E-state index < -0.39 is 0 Å². The number of hydrogen-bond acceptors (Lipinski definition) is 3. The highest BCUT2D eigenvalue weighted by Crippen LogP contribution is 2.26. The van der Waals surface area contributed by atoms with Crippen molar-refractivity contribution < 1.29 is 0 Å². The summed E-state index contributed by atoms with van der Waals surface area (Å²) in [7, 11) is 2.22. The molecule has 1 unspecified atom stereocenters. The van der Waals surface area contributed by atoms with Crippen LogP contribution in [-0.2, 0) is 0 Å². The molecule has 3 nitrogen and oxygen atoms in total. The second kappa shape index (κ2) is 8.52. The number of rotatable bonds is 3. The maximum Gasteiger partial charge on any atom is 0.0507 e. The molecule has 0 spiro atoms. The Balaban J connectivity index is 0.000000774. The predicted molar refractivity (Wildman–Crippen MR) is 90.7 cm³/mol. The summed E-state index contributed by atoms with van der Waals surface area (Å²) in [6.45, 7) is 12.5. The fourth-order valence-electron chi connectivity index (χ4n) is 3.23. The molecule has 1 atom stereocenters. The number of benzene rings is 1. The van der Waals surface area contributed by atoms with Crippen molar-refractivity contribution >= 4 is 0 Å². The first-order valence-electron chi connectivity index (χ1n) is 8.49. The van der Waals surface area contributed by atoms with Crippen LogP contribution in [-0.4, -0.2) is 67.7 Å². The molecule has 0 saturated carbocycles. The third-order valence-electron chi connectivity index (χ3n) is 4.54. The molecule has 2 aliphatic heterocycles. The molecule has 3 heteroatoms. The van der Waals surface area contributed by atoms with E-state index in [9.17, 15) is 0 Å². The van der Waals surface area contributed by atoms with Gasteiger partial charge >= 0.3 is 0 Å². The molecule has 0 aliphatic carbocycles. The summed E-state index contributed by atoms with van der Waals surface area (Å²) < 4.78 is 0. The van der Waals surface area contributed by atoms with E-state index in [1.165, 1.54) is 51.3 Å². The third kappa shape index (κ3) is 4.80. The van der Waals surface area contributed by atoms with Gasteiger partial charge in [0.15, 0.2) is 0 Å². The summed E-state index contributed by atoms with van der Waals surface area (Å²) in [6, 6.07) is 11.0. The zero-order valence-corrected chi connectivity index (χ0v) is 14.0. The number of hydrogen-bond donors (Lipinski definition) is 0. The molecule has 0 N–H and O–H groups in total. The van der Waals surface area contributed by atoms with E-state index in [1.54, 1.807) is 0 Å². The van der Waals surface area contributed by atoms with E-state index in [2.05, 4.69) is 52.1 Å². The third-order valence-corrected chi connectivity index (χ3v) is 4.54. The fraction of sp³-hybridized carbons (Fsp3) is 0.667. The van der Waals surface area contributed by atoms with Crippen molar-refractivity contribution in [2.75, 3.05) is 53.0 Å². The lowest BCUT2D eigenvalue weighted by atomic mass is 9.99. The second-order valence-electron chi connectivity index (χ2n) is 6.04. The van der Waals surface area contributed by atoms with Crippen LogP contribution in [0.25, 0.3) is 0 Å². The number of piperazine rings is 1. The molecule has 118 valence electrons. The van der Waals surface area contributed by atoms with Gasteiger partial charge in [-0.25, -0.2) is 0 Å². The Labute approximate surface area is 130 Å². The average molecular weight is 289 g/mol. The fourth-order valence-corrected chi connectivity index (χ4v) is 3.23. The molecule has 2 heterocycles. The van der Waals surface area contributed by atoms with Crippen molar-refractivity contribution in [1.29, 1.82) is 0 Å². The van der Waals surface area contributed by atoms with Crippen LogP contribution >= 0.6 is 0 Å². The summed E-state index contributed by atoms with van der Waals surface area (Å²) in [5, 5.41) is 0. The van der Waals surface area contributed by atoms with Crippen LogP contribution in [0.2, 0.25) is 0 Å². The average Bonchev–Trinajstić information content (AvgIpc) is 3.01. The summed E-state index contributed by atoms with van der Waals surface area (Å²) in [6.07, 6.45) is 1.32. The van der Waals surface area contributed by atoms with Crippen LogP contribution in [0.4, 0.5) is 0 Å². The Morgan fingerprint density at radius 2 is 1.57 bits per heavy atom. The van der Waals surface area contributed by atoms with Crippen molar-refractivity contribution in [1.82, 2.24) is 14.7 Å². The van der Waals surface area contributed by atoms with Crippen LogP contribution < -0.4 is 0 Å². The van der Waals surface area contributed by atoms with Crippen LogP contribution in [0.3, 0.4) is 0 Å². The first-order chi connectivity index (χ1) is 10.3. The predicted octanol–water partition coefficient (Wildman–Crippen LogP) is 2.71. The van der Waals surface area contributed by atoms with Crippen LogP contribution in [0.5, 0.6) is 0 Å². The van der Waals surface area contributed by atoms with Gasteiger partial charge in [-0.1, -0.05) is 44.2 Å². The highest BCUT2D eigenvalue weighted by Gasteiger charge is 2.25. The van der Waals surface area contributed by atoms with E-state index in [1.807, 2.05) is 13.8 Å². The standard InChI is InChI=1S/C16H25N3.C2H6/c1-17-9-11-18(12-10-17)14-19-8-7-16(13-19)15-5-3-2-4-6-15;1-2/h2-6,16H,7-14H2,1H3;1-2H3. The Morgan fingerprint density at radius 3 is 2.24 bits per heavy atom. The van der Waals surface area contributed by atoms with Crippen molar-refractivity contribution in [3.05, 3.63) is 35.9 Å². The monoisotopic (exact) mass is 289 g/mol. The van der Waals surface area contributed by atoms with Gasteiger partial charge < -0.3 is 4.90 Å². The van der Waals surface area contributed by atoms with Gasteiger partial charge in [-0.3, -0.25) is 9.80 Å². The van der Waals surface area contributed by atoms with Crippen molar-refractivity contribution in [2.45, 2.75) is 26.2 Å². The smallest absolute Gasteiger partial charge is 0.0507 e. The molecular weight excluding hydrogens is 258 g/mol. The Hall–Kier alpha value is -0.900. The second-order valence-corrected chi connectivity index (χ2v) is 6.04. The Bertz CT molecular complexity index is 385. The molecule has 21 heavy (non-hydrogen) atoms. The number of likely N-dealkylation sites (tertiary alicyclic amines) is 1. The molecular formula is C18H31N3. The molecule has 0 aromatic heterocycles. The van der Waals surface area contributed by atoms with E-state index >= 15 is 0 Å². The Kier molecular flexibility index (Phi) is 6.68. The summed E-state index contributed by atoms with van der Waals surface area (Å²) >= 11 is 0. The van der Waals surface area contributed by atoms with Gasteiger partial charge in [-0.2, -0.15) is 0 Å². The van der Waals surface area contributed by atoms with Gasteiger partial charge in [0, 0.05) is 39.3 Å². The maximum absolute atomic E-state index is 2.63. The largest absolute Gasteiger partial charge is 0.304 e. The summed E-state index contributed by atoms with van der Waals surface area (Å²) in [5.74, 6) is 0.744. The lowest BCUT2D eigenvalue weighted by molar-refractivity contribution is 0.0952. The van der Waals surface area contributed by atoms with Gasteiger partial charge in [0.2, 0.25) is 0 Å². The first-order valence-corrected chi connectivity index (χ1v) is 8.49. The normalized spacial score (nSPS) is 24.6. The molecule has 1 aromatic rings. The molecule has 1 aromatic carbocycles. The minimum absolute atomic E-state index is 0.744.